The molecule has 0 aliphatic carbocycles. The Labute approximate surface area is 151 Å². The van der Waals surface area contributed by atoms with E-state index in [1.807, 2.05) is 18.3 Å². The van der Waals surface area contributed by atoms with Gasteiger partial charge in [0.15, 0.2) is 0 Å². The summed E-state index contributed by atoms with van der Waals surface area (Å²) in [5.41, 5.74) is 2.67. The molecule has 0 spiro atoms. The van der Waals surface area contributed by atoms with Gasteiger partial charge in [-0.25, -0.2) is 4.98 Å². The van der Waals surface area contributed by atoms with Crippen LogP contribution in [0, 0.1) is 0 Å². The van der Waals surface area contributed by atoms with Crippen molar-refractivity contribution in [2.45, 2.75) is 32.1 Å². The first-order valence-electron chi connectivity index (χ1n) is 9.39. The summed E-state index contributed by atoms with van der Waals surface area (Å²) in [6.45, 7) is 4.27. The molecule has 0 bridgehead atoms. The smallest absolute Gasteiger partial charge is 0.128 e. The van der Waals surface area contributed by atoms with Crippen molar-refractivity contribution >= 4 is 5.82 Å². The number of anilines is 1. The number of hydrogen-bond donors (Lipinski definition) is 1. The molecule has 134 valence electrons. The van der Waals surface area contributed by atoms with E-state index in [4.69, 9.17) is 4.74 Å². The second-order valence-corrected chi connectivity index (χ2v) is 6.67. The van der Waals surface area contributed by atoms with Gasteiger partial charge in [-0.05, 0) is 80.6 Å². The van der Waals surface area contributed by atoms with E-state index in [-0.39, 0.29) is 0 Å². The first kappa shape index (κ1) is 17.7. The van der Waals surface area contributed by atoms with Crippen molar-refractivity contribution in [2.75, 3.05) is 38.2 Å². The summed E-state index contributed by atoms with van der Waals surface area (Å²) in [5.74, 6) is 2.08. The molecule has 1 N–H and O–H groups in total. The summed E-state index contributed by atoms with van der Waals surface area (Å²) in [4.78, 5) is 6.98. The minimum absolute atomic E-state index is 0.930. The van der Waals surface area contributed by atoms with Gasteiger partial charge in [0.05, 0.1) is 7.11 Å². The lowest BCUT2D eigenvalue weighted by Gasteiger charge is -2.27. The second-order valence-electron chi connectivity index (χ2n) is 6.67. The highest BCUT2D eigenvalue weighted by Gasteiger charge is 2.12. The lowest BCUT2D eigenvalue weighted by molar-refractivity contribution is 0.414. The normalized spacial score (nSPS) is 14.5. The number of benzene rings is 1. The summed E-state index contributed by atoms with van der Waals surface area (Å²) >= 11 is 0. The van der Waals surface area contributed by atoms with Gasteiger partial charge in [0, 0.05) is 19.3 Å². The van der Waals surface area contributed by atoms with Crippen LogP contribution < -0.4 is 15.0 Å². The molecule has 1 aliphatic rings. The van der Waals surface area contributed by atoms with E-state index in [1.165, 1.54) is 30.4 Å². The van der Waals surface area contributed by atoms with Crippen molar-refractivity contribution in [3.63, 3.8) is 0 Å². The van der Waals surface area contributed by atoms with Crippen molar-refractivity contribution in [1.29, 1.82) is 0 Å². The van der Waals surface area contributed by atoms with Gasteiger partial charge >= 0.3 is 0 Å². The van der Waals surface area contributed by atoms with Crippen molar-refractivity contribution in [1.82, 2.24) is 10.3 Å². The molecule has 4 nitrogen and oxygen atoms in total. The largest absolute Gasteiger partial charge is 0.497 e. The van der Waals surface area contributed by atoms with Crippen LogP contribution in [0.2, 0.25) is 0 Å². The topological polar surface area (TPSA) is 37.4 Å². The summed E-state index contributed by atoms with van der Waals surface area (Å²) in [7, 11) is 1.71. The van der Waals surface area contributed by atoms with E-state index >= 15 is 0 Å². The molecule has 0 amide bonds. The summed E-state index contributed by atoms with van der Waals surface area (Å²) in [6, 6.07) is 12.7. The average molecular weight is 339 g/mol. The van der Waals surface area contributed by atoms with E-state index in [0.29, 0.717) is 0 Å². The molecule has 4 heteroatoms. The molecule has 1 aromatic carbocycles. The molecule has 0 atom stereocenters. The van der Waals surface area contributed by atoms with E-state index in [2.05, 4.69) is 39.5 Å². The molecule has 1 aromatic heterocycles. The van der Waals surface area contributed by atoms with Crippen LogP contribution >= 0.6 is 0 Å². The number of piperidine rings is 1. The third kappa shape index (κ3) is 5.46. The van der Waals surface area contributed by atoms with Crippen LogP contribution in [0.3, 0.4) is 0 Å². The van der Waals surface area contributed by atoms with Crippen LogP contribution in [0.15, 0.2) is 42.6 Å². The first-order valence-corrected chi connectivity index (χ1v) is 9.39. The van der Waals surface area contributed by atoms with Gasteiger partial charge in [0.1, 0.15) is 11.6 Å². The molecule has 1 saturated heterocycles. The molecule has 0 saturated carbocycles. The van der Waals surface area contributed by atoms with Gasteiger partial charge in [0.25, 0.3) is 0 Å². The third-order valence-electron chi connectivity index (χ3n) is 4.81. The Bertz CT molecular complexity index is 653. The predicted octanol–water partition coefficient (Wildman–Crippen LogP) is 3.46. The molecule has 0 radical (unpaired) electrons. The Morgan fingerprint density at radius 3 is 2.52 bits per heavy atom. The highest BCUT2D eigenvalue weighted by atomic mass is 16.5. The van der Waals surface area contributed by atoms with Crippen molar-refractivity contribution in [2.24, 2.45) is 0 Å². The molecule has 25 heavy (non-hydrogen) atoms. The number of pyridine rings is 1. The Hall–Kier alpha value is -2.07. The van der Waals surface area contributed by atoms with Crippen LogP contribution in [-0.2, 0) is 12.8 Å². The van der Waals surface area contributed by atoms with Crippen LogP contribution in [0.5, 0.6) is 5.75 Å². The van der Waals surface area contributed by atoms with Crippen molar-refractivity contribution < 1.29 is 4.74 Å². The number of nitrogens with zero attached hydrogens (tertiary/aromatic N) is 2. The Morgan fingerprint density at radius 1 is 1.00 bits per heavy atom. The molecule has 3 rings (SSSR count). The van der Waals surface area contributed by atoms with Crippen molar-refractivity contribution in [3.8, 4) is 5.75 Å². The Morgan fingerprint density at radius 2 is 1.76 bits per heavy atom. The fraction of sp³-hybridized carbons (Fsp3) is 0.476. The number of rotatable bonds is 8. The highest BCUT2D eigenvalue weighted by Crippen LogP contribution is 2.18. The van der Waals surface area contributed by atoms with Crippen molar-refractivity contribution in [3.05, 3.63) is 53.7 Å². The number of aromatic nitrogens is 1. The van der Waals surface area contributed by atoms with Crippen LogP contribution in [0.25, 0.3) is 0 Å². The van der Waals surface area contributed by atoms with E-state index < -0.39 is 0 Å². The minimum atomic E-state index is 0.930. The number of ether oxygens (including phenoxy) is 1. The molecule has 1 fully saturated rings. The molecular formula is C21H29N3O. The highest BCUT2D eigenvalue weighted by molar-refractivity contribution is 5.41. The zero-order chi connectivity index (χ0) is 17.3. The lowest BCUT2D eigenvalue weighted by atomic mass is 10.1. The summed E-state index contributed by atoms with van der Waals surface area (Å²) in [5, 5.41) is 3.54. The SMILES string of the molecule is COc1cccc(CCNCCc2ccnc(N3CCCCC3)c2)c1. The fourth-order valence-corrected chi connectivity index (χ4v) is 3.33. The average Bonchev–Trinajstić information content (AvgIpc) is 2.69. The van der Waals surface area contributed by atoms with E-state index in [9.17, 15) is 0 Å². The van der Waals surface area contributed by atoms with Crippen LogP contribution in [-0.4, -0.2) is 38.3 Å². The molecular weight excluding hydrogens is 310 g/mol. The Kier molecular flexibility index (Phi) is 6.69. The van der Waals surface area contributed by atoms with Crippen LogP contribution in [0.4, 0.5) is 5.82 Å². The first-order chi connectivity index (χ1) is 12.3. The maximum atomic E-state index is 5.27. The Balaban J connectivity index is 1.41. The minimum Gasteiger partial charge on any atom is -0.497 e. The van der Waals surface area contributed by atoms with Gasteiger partial charge in [-0.15, -0.1) is 0 Å². The summed E-state index contributed by atoms with van der Waals surface area (Å²) in [6.07, 6.45) is 7.95. The van der Waals surface area contributed by atoms with E-state index in [1.54, 1.807) is 7.11 Å². The number of nitrogens with one attached hydrogen (secondary N) is 1. The zero-order valence-electron chi connectivity index (χ0n) is 15.2. The maximum absolute atomic E-state index is 5.27. The van der Waals surface area contributed by atoms with Gasteiger partial charge in [-0.1, -0.05) is 12.1 Å². The van der Waals surface area contributed by atoms with Gasteiger partial charge in [-0.2, -0.15) is 0 Å². The maximum Gasteiger partial charge on any atom is 0.128 e. The quantitative estimate of drug-likeness (QED) is 0.748. The van der Waals surface area contributed by atoms with Gasteiger partial charge < -0.3 is 15.0 Å². The monoisotopic (exact) mass is 339 g/mol. The summed E-state index contributed by atoms with van der Waals surface area (Å²) < 4.78 is 5.27. The predicted molar refractivity (Wildman–Crippen MR) is 104 cm³/mol. The molecule has 2 heterocycles. The number of methoxy groups -OCH3 is 1. The van der Waals surface area contributed by atoms with Gasteiger partial charge in [0.2, 0.25) is 0 Å². The fourth-order valence-electron chi connectivity index (χ4n) is 3.33. The molecule has 0 unspecified atom stereocenters. The number of hydrogen-bond acceptors (Lipinski definition) is 4. The van der Waals surface area contributed by atoms with E-state index in [0.717, 1.165) is 50.6 Å². The standard InChI is InChI=1S/C21H29N3O/c1-25-20-7-5-6-18(16-20)8-11-22-12-9-19-10-13-23-21(17-19)24-14-3-2-4-15-24/h5-7,10,13,16-17,22H,2-4,8-9,11-12,14-15H2,1H3. The van der Waals surface area contributed by atoms with Gasteiger partial charge in [-0.3, -0.25) is 0 Å². The molecule has 2 aromatic rings. The van der Waals surface area contributed by atoms with Crippen LogP contribution in [0.1, 0.15) is 30.4 Å². The third-order valence-corrected chi connectivity index (χ3v) is 4.81. The second kappa shape index (κ2) is 9.42. The lowest BCUT2D eigenvalue weighted by Crippen LogP contribution is -2.30. The zero-order valence-corrected chi connectivity index (χ0v) is 15.2. The molecule has 1 aliphatic heterocycles.